The number of nitrogens with zero attached hydrogens (tertiary/aromatic N) is 1. The summed E-state index contributed by atoms with van der Waals surface area (Å²) in [5.74, 6) is 0.346. The third kappa shape index (κ3) is 4.95. The number of likely N-dealkylation sites (tertiary alicyclic amines) is 1. The van der Waals surface area contributed by atoms with Gasteiger partial charge in [0.25, 0.3) is 0 Å². The largest absolute Gasteiger partial charge is 0.341 e. The van der Waals surface area contributed by atoms with Gasteiger partial charge >= 0.3 is 0 Å². The van der Waals surface area contributed by atoms with E-state index < -0.39 is 0 Å². The van der Waals surface area contributed by atoms with Crippen LogP contribution >= 0.6 is 11.6 Å². The third-order valence-corrected chi connectivity index (χ3v) is 4.40. The van der Waals surface area contributed by atoms with E-state index in [0.717, 1.165) is 17.8 Å². The molecule has 0 spiro atoms. The molecule has 0 unspecified atom stereocenters. The minimum atomic E-state index is 0.346. The lowest BCUT2D eigenvalue weighted by Crippen LogP contribution is -2.18. The number of nitrogens with one attached hydrogen (secondary N) is 2. The van der Waals surface area contributed by atoms with E-state index in [1.165, 1.54) is 31.5 Å². The van der Waals surface area contributed by atoms with E-state index in [4.69, 9.17) is 17.0 Å². The predicted molar refractivity (Wildman–Crippen MR) is 103 cm³/mol. The van der Waals surface area contributed by atoms with Gasteiger partial charge in [-0.15, -0.1) is 0 Å². The van der Waals surface area contributed by atoms with Crippen molar-refractivity contribution in [2.24, 2.45) is 0 Å². The SMILES string of the molecule is N=C(/C=C/c1ccc(CN2CCCC2)cc1)Nc1ccc(Cl)cc1. The highest BCUT2D eigenvalue weighted by Gasteiger charge is 2.11. The normalized spacial score (nSPS) is 15.0. The first-order valence-electron chi connectivity index (χ1n) is 8.29. The van der Waals surface area contributed by atoms with E-state index in [9.17, 15) is 0 Å². The van der Waals surface area contributed by atoms with Crippen molar-refractivity contribution in [1.29, 1.82) is 5.41 Å². The van der Waals surface area contributed by atoms with Crippen molar-refractivity contribution < 1.29 is 0 Å². The maximum absolute atomic E-state index is 7.98. The number of halogens is 1. The molecule has 1 fully saturated rings. The maximum Gasteiger partial charge on any atom is 0.122 e. The molecule has 124 valence electrons. The molecule has 24 heavy (non-hydrogen) atoms. The molecule has 3 nitrogen and oxygen atoms in total. The highest BCUT2D eigenvalue weighted by Crippen LogP contribution is 2.15. The Balaban J connectivity index is 1.53. The standard InChI is InChI=1S/C20H22ClN3/c21-18-8-10-19(11-9-18)23-20(22)12-7-16-3-5-17(6-4-16)15-24-13-1-2-14-24/h3-12H,1-2,13-15H2,(H2,22,23)/b12-7+. The van der Waals surface area contributed by atoms with Crippen LogP contribution in [0.3, 0.4) is 0 Å². The molecule has 4 heteroatoms. The topological polar surface area (TPSA) is 39.1 Å². The van der Waals surface area contributed by atoms with Crippen LogP contribution in [-0.4, -0.2) is 23.8 Å². The molecule has 0 amide bonds. The maximum atomic E-state index is 7.98. The van der Waals surface area contributed by atoms with Crippen LogP contribution in [0.25, 0.3) is 6.08 Å². The summed E-state index contributed by atoms with van der Waals surface area (Å²) >= 11 is 5.86. The second-order valence-electron chi connectivity index (χ2n) is 6.10. The molecule has 0 saturated carbocycles. The summed E-state index contributed by atoms with van der Waals surface area (Å²) in [5, 5.41) is 11.7. The van der Waals surface area contributed by atoms with Gasteiger partial charge in [0, 0.05) is 17.3 Å². The molecule has 0 aliphatic carbocycles. The van der Waals surface area contributed by atoms with Crippen LogP contribution in [0, 0.1) is 5.41 Å². The monoisotopic (exact) mass is 339 g/mol. The zero-order valence-corrected chi connectivity index (χ0v) is 14.4. The first-order chi connectivity index (χ1) is 11.7. The van der Waals surface area contributed by atoms with Gasteiger partial charge in [-0.25, -0.2) is 0 Å². The molecule has 0 radical (unpaired) electrons. The summed E-state index contributed by atoms with van der Waals surface area (Å²) in [6.07, 6.45) is 6.36. The van der Waals surface area contributed by atoms with Gasteiger partial charge < -0.3 is 5.32 Å². The molecule has 0 bridgehead atoms. The van der Waals surface area contributed by atoms with E-state index in [0.29, 0.717) is 10.9 Å². The number of anilines is 1. The van der Waals surface area contributed by atoms with Crippen LogP contribution in [0.2, 0.25) is 5.02 Å². The number of rotatable bonds is 5. The fraction of sp³-hybridized carbons (Fsp3) is 0.250. The minimum Gasteiger partial charge on any atom is -0.341 e. The van der Waals surface area contributed by atoms with E-state index in [-0.39, 0.29) is 0 Å². The predicted octanol–water partition coefficient (Wildman–Crippen LogP) is 5.04. The molecule has 2 aromatic rings. The van der Waals surface area contributed by atoms with Gasteiger partial charge in [-0.1, -0.05) is 41.9 Å². The summed E-state index contributed by atoms with van der Waals surface area (Å²) in [7, 11) is 0. The summed E-state index contributed by atoms with van der Waals surface area (Å²) in [6.45, 7) is 3.47. The summed E-state index contributed by atoms with van der Waals surface area (Å²) in [5.41, 5.74) is 3.31. The van der Waals surface area contributed by atoms with E-state index in [1.54, 1.807) is 18.2 Å². The Bertz CT molecular complexity index is 699. The Labute approximate surface area is 148 Å². The van der Waals surface area contributed by atoms with Crippen LogP contribution in [-0.2, 0) is 6.54 Å². The van der Waals surface area contributed by atoms with Gasteiger partial charge in [0.15, 0.2) is 0 Å². The number of benzene rings is 2. The lowest BCUT2D eigenvalue weighted by molar-refractivity contribution is 0.331. The first kappa shape index (κ1) is 16.7. The average molecular weight is 340 g/mol. The van der Waals surface area contributed by atoms with Crippen molar-refractivity contribution in [3.05, 3.63) is 70.8 Å². The summed E-state index contributed by atoms with van der Waals surface area (Å²) in [6, 6.07) is 15.9. The fourth-order valence-corrected chi connectivity index (χ4v) is 2.97. The molecule has 3 rings (SSSR count). The molecule has 0 aromatic heterocycles. The van der Waals surface area contributed by atoms with Crippen LogP contribution in [0.4, 0.5) is 5.69 Å². The second kappa shape index (κ2) is 8.13. The highest BCUT2D eigenvalue weighted by molar-refractivity contribution is 6.30. The second-order valence-corrected chi connectivity index (χ2v) is 6.54. The van der Waals surface area contributed by atoms with Crippen molar-refractivity contribution in [2.45, 2.75) is 19.4 Å². The quantitative estimate of drug-likeness (QED) is 0.591. The third-order valence-electron chi connectivity index (χ3n) is 4.15. The Morgan fingerprint density at radius 1 is 1.04 bits per heavy atom. The van der Waals surface area contributed by atoms with Crippen molar-refractivity contribution in [2.75, 3.05) is 18.4 Å². The fourth-order valence-electron chi connectivity index (χ4n) is 2.84. The van der Waals surface area contributed by atoms with Gasteiger partial charge in [0.2, 0.25) is 0 Å². The Kier molecular flexibility index (Phi) is 5.68. The summed E-state index contributed by atoms with van der Waals surface area (Å²) < 4.78 is 0. The Hall–Kier alpha value is -2.10. The number of amidine groups is 1. The van der Waals surface area contributed by atoms with Crippen molar-refractivity contribution in [3.63, 3.8) is 0 Å². The van der Waals surface area contributed by atoms with Crippen molar-refractivity contribution in [1.82, 2.24) is 4.90 Å². The molecular formula is C20H22ClN3. The van der Waals surface area contributed by atoms with Crippen LogP contribution < -0.4 is 5.32 Å². The lowest BCUT2D eigenvalue weighted by atomic mass is 10.1. The molecule has 1 aliphatic rings. The van der Waals surface area contributed by atoms with Crippen LogP contribution in [0.15, 0.2) is 54.6 Å². The summed E-state index contributed by atoms with van der Waals surface area (Å²) in [4.78, 5) is 2.50. The number of hydrogen-bond donors (Lipinski definition) is 2. The zero-order chi connectivity index (χ0) is 16.8. The van der Waals surface area contributed by atoms with Crippen molar-refractivity contribution >= 4 is 29.2 Å². The highest BCUT2D eigenvalue weighted by atomic mass is 35.5. The van der Waals surface area contributed by atoms with Crippen molar-refractivity contribution in [3.8, 4) is 0 Å². The smallest absolute Gasteiger partial charge is 0.122 e. The van der Waals surface area contributed by atoms with E-state index >= 15 is 0 Å². The zero-order valence-electron chi connectivity index (χ0n) is 13.6. The van der Waals surface area contributed by atoms with Gasteiger partial charge in [-0.2, -0.15) is 0 Å². The molecule has 1 heterocycles. The lowest BCUT2D eigenvalue weighted by Gasteiger charge is -2.14. The van der Waals surface area contributed by atoms with Gasteiger partial charge in [-0.3, -0.25) is 10.3 Å². The minimum absolute atomic E-state index is 0.346. The molecule has 1 saturated heterocycles. The molecular weight excluding hydrogens is 318 g/mol. The van der Waals surface area contributed by atoms with Gasteiger partial charge in [0.05, 0.1) is 0 Å². The van der Waals surface area contributed by atoms with E-state index in [1.807, 2.05) is 18.2 Å². The van der Waals surface area contributed by atoms with E-state index in [2.05, 4.69) is 34.5 Å². The molecule has 1 aliphatic heterocycles. The number of hydrogen-bond acceptors (Lipinski definition) is 2. The molecule has 2 aromatic carbocycles. The first-order valence-corrected chi connectivity index (χ1v) is 8.67. The average Bonchev–Trinajstić information content (AvgIpc) is 3.09. The van der Waals surface area contributed by atoms with Gasteiger partial charge in [-0.05, 0) is 67.4 Å². The molecule has 2 N–H and O–H groups in total. The molecule has 0 atom stereocenters. The Morgan fingerprint density at radius 2 is 1.71 bits per heavy atom. The van der Waals surface area contributed by atoms with Gasteiger partial charge in [0.1, 0.15) is 5.84 Å². The van der Waals surface area contributed by atoms with Crippen LogP contribution in [0.5, 0.6) is 0 Å². The Morgan fingerprint density at radius 3 is 2.38 bits per heavy atom. The van der Waals surface area contributed by atoms with Crippen LogP contribution in [0.1, 0.15) is 24.0 Å².